The summed E-state index contributed by atoms with van der Waals surface area (Å²) in [6.45, 7) is 4.02. The maximum atomic E-state index is 12.1. The topological polar surface area (TPSA) is 88.9 Å². The SMILES string of the molecule is CC(=O)c1ccc(NC(=O)NC2CCc3ncnn3C2)cc1C. The smallest absolute Gasteiger partial charge is 0.319 e. The molecule has 0 saturated carbocycles. The van der Waals surface area contributed by atoms with Gasteiger partial charge in [-0.25, -0.2) is 14.5 Å². The van der Waals surface area contributed by atoms with Gasteiger partial charge in [0.25, 0.3) is 0 Å². The zero-order valence-corrected chi connectivity index (χ0v) is 13.2. The van der Waals surface area contributed by atoms with Gasteiger partial charge in [-0.3, -0.25) is 4.79 Å². The number of Topliss-reactive ketones (excluding diaryl/α,β-unsaturated/α-hetero) is 1. The van der Waals surface area contributed by atoms with E-state index in [1.165, 1.54) is 13.3 Å². The first-order valence-electron chi connectivity index (χ1n) is 7.58. The molecule has 0 fully saturated rings. The summed E-state index contributed by atoms with van der Waals surface area (Å²) in [5.74, 6) is 0.975. The number of hydrogen-bond donors (Lipinski definition) is 2. The lowest BCUT2D eigenvalue weighted by Gasteiger charge is -2.23. The summed E-state index contributed by atoms with van der Waals surface area (Å²) in [5.41, 5.74) is 2.18. The second-order valence-corrected chi connectivity index (χ2v) is 5.78. The van der Waals surface area contributed by atoms with Gasteiger partial charge in [-0.05, 0) is 44.0 Å². The van der Waals surface area contributed by atoms with E-state index >= 15 is 0 Å². The first-order chi connectivity index (χ1) is 11.0. The largest absolute Gasteiger partial charge is 0.333 e. The van der Waals surface area contributed by atoms with Gasteiger partial charge < -0.3 is 10.6 Å². The Hall–Kier alpha value is -2.70. The van der Waals surface area contributed by atoms with Crippen LogP contribution in [0.25, 0.3) is 0 Å². The van der Waals surface area contributed by atoms with E-state index in [-0.39, 0.29) is 17.9 Å². The minimum absolute atomic E-state index is 0.0179. The van der Waals surface area contributed by atoms with Crippen LogP contribution < -0.4 is 10.6 Å². The Morgan fingerprint density at radius 2 is 2.17 bits per heavy atom. The maximum Gasteiger partial charge on any atom is 0.319 e. The second kappa shape index (κ2) is 6.20. The summed E-state index contributed by atoms with van der Waals surface area (Å²) < 4.78 is 1.82. The molecule has 0 aliphatic carbocycles. The molecule has 120 valence electrons. The van der Waals surface area contributed by atoms with E-state index < -0.39 is 0 Å². The lowest BCUT2D eigenvalue weighted by Crippen LogP contribution is -2.43. The Labute approximate surface area is 134 Å². The number of carbonyl (C=O) groups is 2. The number of aromatic nitrogens is 3. The molecule has 7 heteroatoms. The molecular weight excluding hydrogens is 294 g/mol. The van der Waals surface area contributed by atoms with Crippen LogP contribution in [0.2, 0.25) is 0 Å². The van der Waals surface area contributed by atoms with Crippen LogP contribution in [0.15, 0.2) is 24.5 Å². The van der Waals surface area contributed by atoms with Crippen LogP contribution in [-0.4, -0.2) is 32.6 Å². The number of anilines is 1. The predicted molar refractivity (Wildman–Crippen MR) is 85.5 cm³/mol. The monoisotopic (exact) mass is 313 g/mol. The third-order valence-corrected chi connectivity index (χ3v) is 4.00. The van der Waals surface area contributed by atoms with E-state index in [0.29, 0.717) is 17.8 Å². The number of fused-ring (bicyclic) bond motifs is 1. The number of amides is 2. The number of ketones is 1. The van der Waals surface area contributed by atoms with Crippen molar-refractivity contribution in [2.45, 2.75) is 39.3 Å². The second-order valence-electron chi connectivity index (χ2n) is 5.78. The highest BCUT2D eigenvalue weighted by Crippen LogP contribution is 2.16. The van der Waals surface area contributed by atoms with Crippen LogP contribution >= 0.6 is 0 Å². The van der Waals surface area contributed by atoms with Crippen LogP contribution in [0.3, 0.4) is 0 Å². The van der Waals surface area contributed by atoms with Crippen molar-refractivity contribution < 1.29 is 9.59 Å². The molecule has 0 saturated heterocycles. The predicted octanol–water partition coefficient (Wildman–Crippen LogP) is 1.93. The highest BCUT2D eigenvalue weighted by molar-refractivity contribution is 5.96. The van der Waals surface area contributed by atoms with Gasteiger partial charge >= 0.3 is 6.03 Å². The number of rotatable bonds is 3. The molecule has 0 bridgehead atoms. The molecule has 0 radical (unpaired) electrons. The molecule has 2 N–H and O–H groups in total. The van der Waals surface area contributed by atoms with Crippen LogP contribution in [0, 0.1) is 6.92 Å². The van der Waals surface area contributed by atoms with Crippen LogP contribution in [-0.2, 0) is 13.0 Å². The molecule has 1 aliphatic rings. The summed E-state index contributed by atoms with van der Waals surface area (Å²) >= 11 is 0. The number of carbonyl (C=O) groups excluding carboxylic acids is 2. The Morgan fingerprint density at radius 1 is 1.35 bits per heavy atom. The highest BCUT2D eigenvalue weighted by Gasteiger charge is 2.21. The number of hydrogen-bond acceptors (Lipinski definition) is 4. The van der Waals surface area contributed by atoms with E-state index in [0.717, 1.165) is 24.2 Å². The van der Waals surface area contributed by atoms with E-state index in [4.69, 9.17) is 0 Å². The van der Waals surface area contributed by atoms with Crippen molar-refractivity contribution in [3.05, 3.63) is 41.5 Å². The normalized spacial score (nSPS) is 16.5. The van der Waals surface area contributed by atoms with Crippen LogP contribution in [0.1, 0.15) is 35.1 Å². The van der Waals surface area contributed by atoms with Crippen molar-refractivity contribution in [2.24, 2.45) is 0 Å². The molecule has 1 atom stereocenters. The zero-order chi connectivity index (χ0) is 16.4. The maximum absolute atomic E-state index is 12.1. The van der Waals surface area contributed by atoms with E-state index in [1.807, 2.05) is 11.6 Å². The Balaban J connectivity index is 1.60. The third-order valence-electron chi connectivity index (χ3n) is 4.00. The molecular formula is C16H19N5O2. The lowest BCUT2D eigenvalue weighted by atomic mass is 10.0. The number of benzene rings is 1. The molecule has 2 aromatic rings. The average molecular weight is 313 g/mol. The van der Waals surface area contributed by atoms with E-state index in [2.05, 4.69) is 20.7 Å². The molecule has 2 heterocycles. The summed E-state index contributed by atoms with van der Waals surface area (Å²) in [6.07, 6.45) is 3.18. The molecule has 1 aliphatic heterocycles. The molecule has 1 aromatic heterocycles. The molecule has 1 aromatic carbocycles. The third kappa shape index (κ3) is 3.39. The van der Waals surface area contributed by atoms with Gasteiger partial charge in [0.05, 0.1) is 12.6 Å². The van der Waals surface area contributed by atoms with Crippen molar-refractivity contribution in [2.75, 3.05) is 5.32 Å². The number of nitrogens with zero attached hydrogens (tertiary/aromatic N) is 3. The van der Waals surface area contributed by atoms with Gasteiger partial charge in [0, 0.05) is 17.7 Å². The average Bonchev–Trinajstić information content (AvgIpc) is 2.94. The van der Waals surface area contributed by atoms with Gasteiger partial charge in [0.1, 0.15) is 12.2 Å². The van der Waals surface area contributed by atoms with Gasteiger partial charge in [-0.15, -0.1) is 0 Å². The van der Waals surface area contributed by atoms with Crippen molar-refractivity contribution in [3.8, 4) is 0 Å². The first kappa shape index (κ1) is 15.2. The highest BCUT2D eigenvalue weighted by atomic mass is 16.2. The number of aryl methyl sites for hydroxylation is 2. The standard InChI is InChI=1S/C16H19N5O2/c1-10-7-12(3-5-14(10)11(2)22)19-16(23)20-13-4-6-15-17-9-18-21(15)8-13/h3,5,7,9,13H,4,6,8H2,1-2H3,(H2,19,20,23). The van der Waals surface area contributed by atoms with E-state index in [9.17, 15) is 9.59 Å². The van der Waals surface area contributed by atoms with Crippen molar-refractivity contribution in [1.82, 2.24) is 20.1 Å². The lowest BCUT2D eigenvalue weighted by molar-refractivity contribution is 0.101. The van der Waals surface area contributed by atoms with Crippen molar-refractivity contribution in [3.63, 3.8) is 0 Å². The fourth-order valence-corrected chi connectivity index (χ4v) is 2.84. The van der Waals surface area contributed by atoms with Gasteiger partial charge in [0.15, 0.2) is 5.78 Å². The zero-order valence-electron chi connectivity index (χ0n) is 13.2. The summed E-state index contributed by atoms with van der Waals surface area (Å²) in [4.78, 5) is 27.7. The molecule has 0 spiro atoms. The number of nitrogens with one attached hydrogen (secondary N) is 2. The fourth-order valence-electron chi connectivity index (χ4n) is 2.84. The Bertz CT molecular complexity index is 753. The fraction of sp³-hybridized carbons (Fsp3) is 0.375. The minimum Gasteiger partial charge on any atom is -0.333 e. The Kier molecular flexibility index (Phi) is 4.10. The van der Waals surface area contributed by atoms with Gasteiger partial charge in [-0.2, -0.15) is 5.10 Å². The van der Waals surface area contributed by atoms with Gasteiger partial charge in [0.2, 0.25) is 0 Å². The van der Waals surface area contributed by atoms with Crippen molar-refractivity contribution >= 4 is 17.5 Å². The molecule has 2 amide bonds. The van der Waals surface area contributed by atoms with Gasteiger partial charge in [-0.1, -0.05) is 0 Å². The van der Waals surface area contributed by atoms with Crippen LogP contribution in [0.5, 0.6) is 0 Å². The van der Waals surface area contributed by atoms with Crippen molar-refractivity contribution in [1.29, 1.82) is 0 Å². The summed E-state index contributed by atoms with van der Waals surface area (Å²) in [6, 6.07) is 5.04. The summed E-state index contributed by atoms with van der Waals surface area (Å²) in [5, 5.41) is 9.89. The van der Waals surface area contributed by atoms with E-state index in [1.54, 1.807) is 18.2 Å². The summed E-state index contributed by atoms with van der Waals surface area (Å²) in [7, 11) is 0. The Morgan fingerprint density at radius 3 is 2.91 bits per heavy atom. The molecule has 7 nitrogen and oxygen atoms in total. The molecule has 23 heavy (non-hydrogen) atoms. The molecule has 3 rings (SSSR count). The minimum atomic E-state index is -0.256. The first-order valence-corrected chi connectivity index (χ1v) is 7.58. The number of urea groups is 1. The quantitative estimate of drug-likeness (QED) is 0.847. The van der Waals surface area contributed by atoms with Crippen LogP contribution in [0.4, 0.5) is 10.5 Å². The molecule has 1 unspecified atom stereocenters.